The van der Waals surface area contributed by atoms with Gasteiger partial charge in [-0.2, -0.15) is 0 Å². The number of rotatable bonds is 9. The van der Waals surface area contributed by atoms with Crippen LogP contribution < -0.4 is 0 Å². The van der Waals surface area contributed by atoms with E-state index in [1.54, 1.807) is 0 Å². The molecule has 0 amide bonds. The third kappa shape index (κ3) is 6.30. The van der Waals surface area contributed by atoms with Crippen LogP contribution in [0.4, 0.5) is 0 Å². The maximum Gasteiger partial charge on any atom is 0.203 e. The normalized spacial score (nSPS) is 12.0. The summed E-state index contributed by atoms with van der Waals surface area (Å²) < 4.78 is 5.67. The van der Waals surface area contributed by atoms with Gasteiger partial charge >= 0.3 is 0 Å². The van der Waals surface area contributed by atoms with Gasteiger partial charge in [0.05, 0.1) is 0 Å². The van der Waals surface area contributed by atoms with Crippen molar-refractivity contribution in [1.82, 2.24) is 9.80 Å². The van der Waals surface area contributed by atoms with E-state index in [1.165, 1.54) is 12.3 Å². The molecule has 0 aliphatic heterocycles. The molecule has 0 aliphatic rings. The molecule has 0 heterocycles. The van der Waals surface area contributed by atoms with Gasteiger partial charge in [-0.3, -0.25) is 0 Å². The van der Waals surface area contributed by atoms with Gasteiger partial charge in [-0.1, -0.05) is 27.7 Å². The van der Waals surface area contributed by atoms with Crippen molar-refractivity contribution in [3.8, 4) is 0 Å². The van der Waals surface area contributed by atoms with Crippen LogP contribution in [0.1, 0.15) is 27.7 Å². The molecule has 0 N–H and O–H groups in total. The molecule has 0 bridgehead atoms. The van der Waals surface area contributed by atoms with E-state index >= 15 is 0 Å². The van der Waals surface area contributed by atoms with E-state index in [1.807, 2.05) is 7.11 Å². The van der Waals surface area contributed by atoms with Crippen LogP contribution in [0.15, 0.2) is 0 Å². The summed E-state index contributed by atoms with van der Waals surface area (Å²) >= 11 is 0. The first-order valence-corrected chi connectivity index (χ1v) is 8.29. The van der Waals surface area contributed by atoms with Crippen LogP contribution in [0.2, 0.25) is 0 Å². The molecule has 0 aromatic rings. The molecule has 0 aliphatic carbocycles. The monoisotopic (exact) mass is 232 g/mol. The fraction of sp³-hybridized carbons (Fsp3) is 1.00. The second-order valence-electron chi connectivity index (χ2n) is 3.83. The van der Waals surface area contributed by atoms with Gasteiger partial charge in [0.2, 0.25) is 9.04 Å². The fourth-order valence-corrected chi connectivity index (χ4v) is 4.34. The number of hydrogen-bond donors (Lipinski definition) is 0. The van der Waals surface area contributed by atoms with Crippen molar-refractivity contribution in [3.05, 3.63) is 0 Å². The second-order valence-corrected chi connectivity index (χ2v) is 6.28. The first kappa shape index (κ1) is 15.1. The molecule has 0 radical (unpaired) electrons. The van der Waals surface area contributed by atoms with Gasteiger partial charge < -0.3 is 14.2 Å². The minimum absolute atomic E-state index is 1.05. The molecule has 0 aromatic heterocycles. The summed E-state index contributed by atoms with van der Waals surface area (Å²) in [7, 11) is 0.831. The lowest BCUT2D eigenvalue weighted by Crippen LogP contribution is -2.45. The molecular weight excluding hydrogens is 204 g/mol. The SMILES string of the molecule is CCN(CC)C[SiH](CN(CC)CC)OC. The molecule has 0 saturated carbocycles. The maximum atomic E-state index is 5.67. The highest BCUT2D eigenvalue weighted by molar-refractivity contribution is 6.52. The Morgan fingerprint density at radius 2 is 1.13 bits per heavy atom. The number of hydrogen-bond acceptors (Lipinski definition) is 3. The highest BCUT2D eigenvalue weighted by atomic mass is 28.3. The van der Waals surface area contributed by atoms with E-state index < -0.39 is 9.04 Å². The Morgan fingerprint density at radius 1 is 0.800 bits per heavy atom. The molecule has 0 aromatic carbocycles. The Hall–Kier alpha value is 0.0969. The largest absolute Gasteiger partial charge is 0.421 e. The maximum absolute atomic E-state index is 5.67. The van der Waals surface area contributed by atoms with Crippen molar-refractivity contribution in [2.24, 2.45) is 0 Å². The fourth-order valence-electron chi connectivity index (χ4n) is 1.75. The van der Waals surface area contributed by atoms with E-state index in [0.717, 1.165) is 26.2 Å². The van der Waals surface area contributed by atoms with Gasteiger partial charge in [0.15, 0.2) is 0 Å². The van der Waals surface area contributed by atoms with Crippen molar-refractivity contribution in [2.75, 3.05) is 45.6 Å². The number of nitrogens with zero attached hydrogens (tertiary/aromatic N) is 2. The van der Waals surface area contributed by atoms with E-state index in [-0.39, 0.29) is 0 Å². The van der Waals surface area contributed by atoms with Gasteiger partial charge in [0, 0.05) is 19.4 Å². The molecule has 3 nitrogen and oxygen atoms in total. The molecule has 92 valence electrons. The average molecular weight is 232 g/mol. The van der Waals surface area contributed by atoms with Crippen molar-refractivity contribution < 1.29 is 4.43 Å². The van der Waals surface area contributed by atoms with Gasteiger partial charge in [0.1, 0.15) is 0 Å². The van der Waals surface area contributed by atoms with Crippen molar-refractivity contribution in [1.29, 1.82) is 0 Å². The summed E-state index contributed by atoms with van der Waals surface area (Å²) in [5, 5.41) is 0. The molecule has 0 saturated heterocycles. The highest BCUT2D eigenvalue weighted by Gasteiger charge is 2.16. The first-order chi connectivity index (χ1) is 7.21. The smallest absolute Gasteiger partial charge is 0.203 e. The zero-order chi connectivity index (χ0) is 11.7. The van der Waals surface area contributed by atoms with Gasteiger partial charge in [0.25, 0.3) is 0 Å². The summed E-state index contributed by atoms with van der Waals surface area (Å²) in [6, 6.07) is 0. The Balaban J connectivity index is 4.00. The molecule has 0 unspecified atom stereocenters. The van der Waals surface area contributed by atoms with Gasteiger partial charge in [-0.25, -0.2) is 0 Å². The zero-order valence-corrected chi connectivity index (χ0v) is 12.3. The molecule has 0 spiro atoms. The minimum Gasteiger partial charge on any atom is -0.421 e. The Bertz CT molecular complexity index is 125. The third-order valence-corrected chi connectivity index (χ3v) is 5.56. The van der Waals surface area contributed by atoms with Crippen LogP contribution in [0, 0.1) is 0 Å². The van der Waals surface area contributed by atoms with Crippen LogP contribution in [0.25, 0.3) is 0 Å². The summed E-state index contributed by atoms with van der Waals surface area (Å²) in [6.45, 7) is 13.5. The van der Waals surface area contributed by atoms with Crippen molar-refractivity contribution in [3.63, 3.8) is 0 Å². The van der Waals surface area contributed by atoms with E-state index in [0.29, 0.717) is 0 Å². The third-order valence-electron chi connectivity index (χ3n) is 3.05. The van der Waals surface area contributed by atoms with Crippen LogP contribution in [0.3, 0.4) is 0 Å². The quantitative estimate of drug-likeness (QED) is 0.554. The summed E-state index contributed by atoms with van der Waals surface area (Å²) in [4.78, 5) is 4.95. The van der Waals surface area contributed by atoms with Crippen molar-refractivity contribution >= 4 is 9.04 Å². The molecule has 0 rings (SSSR count). The summed E-state index contributed by atoms with van der Waals surface area (Å²) in [5.41, 5.74) is 0. The topological polar surface area (TPSA) is 15.7 Å². The van der Waals surface area contributed by atoms with E-state index in [9.17, 15) is 0 Å². The molecular formula is C11H28N2OSi. The Kier molecular flexibility index (Phi) is 9.39. The Morgan fingerprint density at radius 3 is 1.33 bits per heavy atom. The van der Waals surface area contributed by atoms with Crippen molar-refractivity contribution in [2.45, 2.75) is 27.7 Å². The molecule has 0 atom stereocenters. The lowest BCUT2D eigenvalue weighted by atomic mass is 10.6. The lowest BCUT2D eigenvalue weighted by molar-refractivity contribution is 0.287. The summed E-state index contributed by atoms with van der Waals surface area (Å²) in [5.74, 6) is 0. The van der Waals surface area contributed by atoms with Gasteiger partial charge in [-0.15, -0.1) is 0 Å². The van der Waals surface area contributed by atoms with Crippen LogP contribution >= 0.6 is 0 Å². The predicted octanol–water partition coefficient (Wildman–Crippen LogP) is 1.12. The first-order valence-electron chi connectivity index (χ1n) is 6.19. The zero-order valence-electron chi connectivity index (χ0n) is 11.1. The summed E-state index contributed by atoms with van der Waals surface area (Å²) in [6.07, 6.45) is 2.36. The molecule has 15 heavy (non-hydrogen) atoms. The van der Waals surface area contributed by atoms with E-state index in [4.69, 9.17) is 4.43 Å². The standard InChI is InChI=1S/C11H28N2OSi/c1-6-12(7-2)10-15(14-5)11-13(8-3)9-4/h15H,6-11H2,1-5H3. The molecule has 4 heteroatoms. The molecule has 0 fully saturated rings. The lowest BCUT2D eigenvalue weighted by Gasteiger charge is -2.27. The minimum atomic E-state index is -1.05. The Labute approximate surface area is 97.1 Å². The van der Waals surface area contributed by atoms with Crippen LogP contribution in [0.5, 0.6) is 0 Å². The van der Waals surface area contributed by atoms with Crippen LogP contribution in [-0.2, 0) is 4.43 Å². The van der Waals surface area contributed by atoms with Gasteiger partial charge in [-0.05, 0) is 26.2 Å². The highest BCUT2D eigenvalue weighted by Crippen LogP contribution is 1.96. The average Bonchev–Trinajstić information content (AvgIpc) is 2.30. The van der Waals surface area contributed by atoms with Crippen LogP contribution in [-0.4, -0.2) is 64.5 Å². The second kappa shape index (κ2) is 9.33. The van der Waals surface area contributed by atoms with E-state index in [2.05, 4.69) is 37.5 Å². The predicted molar refractivity (Wildman–Crippen MR) is 69.7 cm³/mol.